The van der Waals surface area contributed by atoms with Crippen molar-refractivity contribution in [1.82, 2.24) is 4.90 Å². The van der Waals surface area contributed by atoms with Gasteiger partial charge in [-0.25, -0.2) is 0 Å². The summed E-state index contributed by atoms with van der Waals surface area (Å²) in [6.45, 7) is 2.98. The van der Waals surface area contributed by atoms with Gasteiger partial charge >= 0.3 is 0 Å². The van der Waals surface area contributed by atoms with Crippen LogP contribution in [0.1, 0.15) is 43.4 Å². The molecule has 0 aliphatic carbocycles. The fourth-order valence-electron chi connectivity index (χ4n) is 2.63. The van der Waals surface area contributed by atoms with Gasteiger partial charge in [0.2, 0.25) is 0 Å². The normalized spacial score (nSPS) is 22.0. The van der Waals surface area contributed by atoms with Crippen molar-refractivity contribution < 1.29 is 4.79 Å². The zero-order chi connectivity index (χ0) is 15.2. The van der Waals surface area contributed by atoms with Gasteiger partial charge in [0.05, 0.1) is 5.25 Å². The second kappa shape index (κ2) is 8.30. The molecule has 1 fully saturated rings. The maximum atomic E-state index is 12.2. The Morgan fingerprint density at radius 2 is 1.81 bits per heavy atom. The highest BCUT2D eigenvalue weighted by atomic mass is 35.5. The van der Waals surface area contributed by atoms with E-state index in [2.05, 4.69) is 6.92 Å². The number of thioether (sulfide) groups is 1. The van der Waals surface area contributed by atoms with E-state index in [9.17, 15) is 4.79 Å². The third-order valence-electron chi connectivity index (χ3n) is 3.87. The van der Waals surface area contributed by atoms with Gasteiger partial charge in [-0.2, -0.15) is 0 Å². The highest BCUT2D eigenvalue weighted by Crippen LogP contribution is 2.43. The monoisotopic (exact) mass is 345 g/mol. The Labute approximate surface area is 141 Å². The Morgan fingerprint density at radius 1 is 1.14 bits per heavy atom. The number of carbonyl (C=O) groups is 1. The number of hydrogen-bond donors (Lipinski definition) is 0. The van der Waals surface area contributed by atoms with Crippen LogP contribution in [-0.4, -0.2) is 28.6 Å². The van der Waals surface area contributed by atoms with Crippen LogP contribution in [0.4, 0.5) is 4.79 Å². The zero-order valence-corrected chi connectivity index (χ0v) is 14.6. The average Bonchev–Trinajstić information content (AvgIpc) is 2.75. The first-order chi connectivity index (χ1) is 10.1. The quantitative estimate of drug-likeness (QED) is 0.464. The summed E-state index contributed by atoms with van der Waals surface area (Å²) < 4.78 is 0. The largest absolute Gasteiger partial charge is 0.329 e. The number of hydrogen-bond acceptors (Lipinski definition) is 2. The predicted octanol–water partition coefficient (Wildman–Crippen LogP) is 5.74. The number of unbranched alkanes of at least 4 members (excludes halogenated alkanes) is 3. The second-order valence-electron chi connectivity index (χ2n) is 5.39. The Hall–Kier alpha value is -0.380. The van der Waals surface area contributed by atoms with Gasteiger partial charge in [-0.1, -0.05) is 48.3 Å². The number of benzene rings is 1. The first kappa shape index (κ1) is 17.0. The molecule has 0 spiro atoms. The molecule has 2 rings (SSSR count). The lowest BCUT2D eigenvalue weighted by Crippen LogP contribution is -2.32. The molecule has 21 heavy (non-hydrogen) atoms. The summed E-state index contributed by atoms with van der Waals surface area (Å²) in [5.41, 5.74) is 1.18. The number of alkyl halides is 1. The molecular weight excluding hydrogens is 325 g/mol. The lowest BCUT2D eigenvalue weighted by molar-refractivity contribution is 0.208. The highest BCUT2D eigenvalue weighted by molar-refractivity contribution is 8.14. The standard InChI is InChI=1S/C16H21Cl2NOS/c1-12-15(13-6-8-14(18)9-7-13)21-16(20)19(12)11-5-3-2-4-10-17/h6-9,12,15H,2-5,10-11H2,1H3. The maximum Gasteiger partial charge on any atom is 0.282 e. The summed E-state index contributed by atoms with van der Waals surface area (Å²) in [6.07, 6.45) is 4.40. The van der Waals surface area contributed by atoms with Gasteiger partial charge in [0, 0.05) is 23.5 Å². The molecule has 0 bridgehead atoms. The van der Waals surface area contributed by atoms with Crippen molar-refractivity contribution in [3.05, 3.63) is 34.9 Å². The van der Waals surface area contributed by atoms with Crippen LogP contribution in [0.25, 0.3) is 0 Å². The fraction of sp³-hybridized carbons (Fsp3) is 0.562. The lowest BCUT2D eigenvalue weighted by atomic mass is 10.1. The van der Waals surface area contributed by atoms with Gasteiger partial charge in [-0.15, -0.1) is 11.6 Å². The highest BCUT2D eigenvalue weighted by Gasteiger charge is 2.38. The summed E-state index contributed by atoms with van der Waals surface area (Å²) in [4.78, 5) is 14.2. The van der Waals surface area contributed by atoms with Gasteiger partial charge in [0.15, 0.2) is 0 Å². The van der Waals surface area contributed by atoms with Gasteiger partial charge in [-0.05, 0) is 37.5 Å². The van der Waals surface area contributed by atoms with Crippen molar-refractivity contribution in [3.63, 3.8) is 0 Å². The van der Waals surface area contributed by atoms with E-state index in [1.165, 1.54) is 17.3 Å². The molecule has 116 valence electrons. The van der Waals surface area contributed by atoms with E-state index >= 15 is 0 Å². The first-order valence-electron chi connectivity index (χ1n) is 7.42. The summed E-state index contributed by atoms with van der Waals surface area (Å²) in [6, 6.07) is 8.06. The molecule has 1 aliphatic rings. The molecule has 5 heteroatoms. The Balaban J connectivity index is 1.90. The zero-order valence-electron chi connectivity index (χ0n) is 12.2. The maximum absolute atomic E-state index is 12.2. The van der Waals surface area contributed by atoms with Crippen molar-refractivity contribution in [2.45, 2.75) is 43.9 Å². The van der Waals surface area contributed by atoms with Crippen molar-refractivity contribution >= 4 is 40.2 Å². The van der Waals surface area contributed by atoms with Crippen LogP contribution in [0.5, 0.6) is 0 Å². The van der Waals surface area contributed by atoms with Crippen LogP contribution in [0.15, 0.2) is 24.3 Å². The Bertz CT molecular complexity index is 466. The summed E-state index contributed by atoms with van der Waals surface area (Å²) >= 11 is 13.0. The first-order valence-corrected chi connectivity index (χ1v) is 9.21. The molecule has 1 saturated heterocycles. The molecule has 2 atom stereocenters. The van der Waals surface area contributed by atoms with E-state index in [1.54, 1.807) is 0 Å². The van der Waals surface area contributed by atoms with Crippen LogP contribution < -0.4 is 0 Å². The van der Waals surface area contributed by atoms with Crippen molar-refractivity contribution in [2.24, 2.45) is 0 Å². The number of nitrogens with zero attached hydrogens (tertiary/aromatic N) is 1. The third kappa shape index (κ3) is 4.54. The van der Waals surface area contributed by atoms with E-state index < -0.39 is 0 Å². The molecular formula is C16H21Cl2NOS. The number of amides is 1. The van der Waals surface area contributed by atoms with Gasteiger partial charge in [-0.3, -0.25) is 4.79 Å². The Kier molecular flexibility index (Phi) is 6.72. The molecule has 0 N–H and O–H groups in total. The summed E-state index contributed by atoms with van der Waals surface area (Å²) in [7, 11) is 0. The molecule has 1 aromatic carbocycles. The van der Waals surface area contributed by atoms with Gasteiger partial charge < -0.3 is 4.90 Å². The van der Waals surface area contributed by atoms with Crippen molar-refractivity contribution in [1.29, 1.82) is 0 Å². The SMILES string of the molecule is CC1C(c2ccc(Cl)cc2)SC(=O)N1CCCCCCCl. The van der Waals surface area contributed by atoms with Crippen LogP contribution in [0, 0.1) is 0 Å². The minimum atomic E-state index is 0.194. The second-order valence-corrected chi connectivity index (χ2v) is 7.30. The van der Waals surface area contributed by atoms with Gasteiger partial charge in [0.1, 0.15) is 0 Å². The molecule has 2 unspecified atom stereocenters. The van der Waals surface area contributed by atoms with Gasteiger partial charge in [0.25, 0.3) is 5.24 Å². The molecule has 0 saturated carbocycles. The van der Waals surface area contributed by atoms with Crippen LogP contribution in [0.2, 0.25) is 5.02 Å². The third-order valence-corrected chi connectivity index (χ3v) is 5.75. The van der Waals surface area contributed by atoms with E-state index in [1.807, 2.05) is 29.2 Å². The molecule has 1 aliphatic heterocycles. The topological polar surface area (TPSA) is 20.3 Å². The number of carbonyl (C=O) groups excluding carboxylic acids is 1. The molecule has 1 amide bonds. The lowest BCUT2D eigenvalue weighted by Gasteiger charge is -2.23. The Morgan fingerprint density at radius 3 is 2.48 bits per heavy atom. The minimum absolute atomic E-state index is 0.194. The smallest absolute Gasteiger partial charge is 0.282 e. The van der Waals surface area contributed by atoms with Crippen LogP contribution in [-0.2, 0) is 0 Å². The summed E-state index contributed by atoms with van der Waals surface area (Å²) in [5, 5.41) is 1.13. The number of halogens is 2. The fourth-order valence-corrected chi connectivity index (χ4v) is 4.19. The van der Waals surface area contributed by atoms with Crippen molar-refractivity contribution in [3.8, 4) is 0 Å². The minimum Gasteiger partial charge on any atom is -0.329 e. The average molecular weight is 346 g/mol. The molecule has 2 nitrogen and oxygen atoms in total. The number of rotatable bonds is 7. The van der Waals surface area contributed by atoms with E-state index in [-0.39, 0.29) is 16.5 Å². The molecule has 0 radical (unpaired) electrons. The molecule has 1 aromatic rings. The molecule has 1 heterocycles. The molecule has 0 aromatic heterocycles. The predicted molar refractivity (Wildman–Crippen MR) is 92.5 cm³/mol. The van der Waals surface area contributed by atoms with Crippen LogP contribution in [0.3, 0.4) is 0 Å². The summed E-state index contributed by atoms with van der Waals surface area (Å²) in [5.74, 6) is 0.730. The van der Waals surface area contributed by atoms with Crippen molar-refractivity contribution in [2.75, 3.05) is 12.4 Å². The van der Waals surface area contributed by atoms with E-state index in [0.717, 1.165) is 43.1 Å². The van der Waals surface area contributed by atoms with E-state index in [0.29, 0.717) is 0 Å². The van der Waals surface area contributed by atoms with E-state index in [4.69, 9.17) is 23.2 Å². The van der Waals surface area contributed by atoms with Crippen LogP contribution >= 0.6 is 35.0 Å².